The van der Waals surface area contributed by atoms with Crippen LogP contribution in [0.25, 0.3) is 0 Å². The van der Waals surface area contributed by atoms with Crippen LogP contribution in [0.15, 0.2) is 0 Å². The van der Waals surface area contributed by atoms with Crippen LogP contribution in [-0.4, -0.2) is 76.4 Å². The fraction of sp³-hybridized carbons (Fsp3) is 0.923. The molecule has 2 unspecified atom stereocenters. The van der Waals surface area contributed by atoms with Gasteiger partial charge in [-0.25, -0.2) is 4.79 Å². The zero-order valence-corrected chi connectivity index (χ0v) is 11.6. The molecule has 6 nitrogen and oxygen atoms in total. The Labute approximate surface area is 114 Å². The van der Waals surface area contributed by atoms with Crippen LogP contribution in [-0.2, 0) is 4.79 Å². The molecule has 0 radical (unpaired) electrons. The molecule has 110 valence electrons. The lowest BCUT2D eigenvalue weighted by molar-refractivity contribution is -0.158. The highest BCUT2D eigenvalue weighted by atomic mass is 16.4. The zero-order valence-electron chi connectivity index (χ0n) is 11.6. The number of piperidine rings is 1. The van der Waals surface area contributed by atoms with Crippen LogP contribution in [0, 0.1) is 0 Å². The van der Waals surface area contributed by atoms with E-state index < -0.39 is 11.6 Å². The summed E-state index contributed by atoms with van der Waals surface area (Å²) in [6.07, 6.45) is 3.14. The van der Waals surface area contributed by atoms with Gasteiger partial charge in [0.1, 0.15) is 0 Å². The van der Waals surface area contributed by atoms with Crippen molar-refractivity contribution >= 4 is 5.97 Å². The minimum atomic E-state index is -1.65. The topological polar surface area (TPSA) is 90.0 Å². The number of carboxylic acid groups (broad SMARTS) is 1. The van der Waals surface area contributed by atoms with Gasteiger partial charge in [0.2, 0.25) is 0 Å². The smallest absolute Gasteiger partial charge is 0.336 e. The maximum absolute atomic E-state index is 10.9. The van der Waals surface area contributed by atoms with Crippen molar-refractivity contribution in [1.29, 1.82) is 0 Å². The lowest BCUT2D eigenvalue weighted by atomic mass is 10.0. The first kappa shape index (κ1) is 14.7. The van der Waals surface area contributed by atoms with Gasteiger partial charge in [0.15, 0.2) is 5.60 Å². The first-order chi connectivity index (χ1) is 8.88. The first-order valence-electron chi connectivity index (χ1n) is 7.06. The van der Waals surface area contributed by atoms with E-state index in [4.69, 9.17) is 10.8 Å². The number of aliphatic carboxylic acids is 1. The largest absolute Gasteiger partial charge is 0.479 e. The third-order valence-corrected chi connectivity index (χ3v) is 4.33. The maximum Gasteiger partial charge on any atom is 0.336 e. The van der Waals surface area contributed by atoms with Crippen LogP contribution >= 0.6 is 0 Å². The van der Waals surface area contributed by atoms with Gasteiger partial charge >= 0.3 is 5.97 Å². The van der Waals surface area contributed by atoms with E-state index in [2.05, 4.69) is 4.90 Å². The molecule has 2 fully saturated rings. The van der Waals surface area contributed by atoms with Crippen molar-refractivity contribution in [2.75, 3.05) is 32.7 Å². The number of carbonyl (C=O) groups is 1. The summed E-state index contributed by atoms with van der Waals surface area (Å²) < 4.78 is 0. The Morgan fingerprint density at radius 3 is 2.53 bits per heavy atom. The van der Waals surface area contributed by atoms with Crippen molar-refractivity contribution in [2.45, 2.75) is 43.9 Å². The summed E-state index contributed by atoms with van der Waals surface area (Å²) in [7, 11) is 0. The molecule has 0 saturated carbocycles. The minimum absolute atomic E-state index is 0.201. The molecule has 6 heteroatoms. The highest BCUT2D eigenvalue weighted by Crippen LogP contribution is 2.21. The third-order valence-electron chi connectivity index (χ3n) is 4.33. The van der Waals surface area contributed by atoms with Crippen LogP contribution < -0.4 is 5.73 Å². The molecule has 0 aromatic heterocycles. The van der Waals surface area contributed by atoms with Crippen LogP contribution in [0.3, 0.4) is 0 Å². The summed E-state index contributed by atoms with van der Waals surface area (Å²) in [5.41, 5.74) is 4.25. The van der Waals surface area contributed by atoms with E-state index in [1.807, 2.05) is 4.90 Å². The molecular weight excluding hydrogens is 246 g/mol. The molecule has 0 aromatic carbocycles. The van der Waals surface area contributed by atoms with Gasteiger partial charge < -0.3 is 15.9 Å². The predicted molar refractivity (Wildman–Crippen MR) is 71.9 cm³/mol. The van der Waals surface area contributed by atoms with Crippen molar-refractivity contribution in [3.8, 4) is 0 Å². The highest BCUT2D eigenvalue weighted by Gasteiger charge is 2.36. The summed E-state index contributed by atoms with van der Waals surface area (Å²) in [5, 5.41) is 18.8. The van der Waals surface area contributed by atoms with Gasteiger partial charge in [-0.2, -0.15) is 0 Å². The molecule has 2 aliphatic rings. The molecule has 2 saturated heterocycles. The van der Waals surface area contributed by atoms with Gasteiger partial charge in [-0.05, 0) is 45.8 Å². The summed E-state index contributed by atoms with van der Waals surface area (Å²) in [6.45, 7) is 5.34. The van der Waals surface area contributed by atoms with Gasteiger partial charge in [-0.3, -0.25) is 9.80 Å². The number of nitrogens with zero attached hydrogens (tertiary/aromatic N) is 2. The average Bonchev–Trinajstić information content (AvgIpc) is 2.77. The first-order valence-corrected chi connectivity index (χ1v) is 7.06. The van der Waals surface area contributed by atoms with Gasteiger partial charge in [0.25, 0.3) is 0 Å². The molecular formula is C13H25N3O3. The summed E-state index contributed by atoms with van der Waals surface area (Å²) in [5.74, 6) is -1.15. The number of likely N-dealkylation sites (tertiary alicyclic amines) is 2. The lowest BCUT2D eigenvalue weighted by Crippen LogP contribution is -2.48. The number of hydrogen-bond acceptors (Lipinski definition) is 5. The summed E-state index contributed by atoms with van der Waals surface area (Å²) >= 11 is 0. The van der Waals surface area contributed by atoms with Crippen molar-refractivity contribution in [3.05, 3.63) is 0 Å². The van der Waals surface area contributed by atoms with Crippen molar-refractivity contribution in [3.63, 3.8) is 0 Å². The normalized spacial score (nSPS) is 30.4. The highest BCUT2D eigenvalue weighted by molar-refractivity contribution is 5.76. The Bertz CT molecular complexity index is 327. The number of rotatable bonds is 4. The van der Waals surface area contributed by atoms with E-state index in [-0.39, 0.29) is 6.54 Å². The molecule has 2 aliphatic heterocycles. The molecule has 0 aromatic rings. The molecule has 2 heterocycles. The molecule has 0 bridgehead atoms. The van der Waals surface area contributed by atoms with Gasteiger partial charge in [0, 0.05) is 25.2 Å². The standard InChI is InChI=1S/C13H25N3O3/c1-13(19,12(17)18)9-15-5-4-11(8-15)16-6-2-10(14)3-7-16/h10-11,19H,2-9,14H2,1H3,(H,17,18). The number of hydrogen-bond donors (Lipinski definition) is 3. The Balaban J connectivity index is 1.81. The average molecular weight is 271 g/mol. The molecule has 2 atom stereocenters. The van der Waals surface area contributed by atoms with E-state index in [1.165, 1.54) is 6.92 Å². The second kappa shape index (κ2) is 5.75. The summed E-state index contributed by atoms with van der Waals surface area (Å²) in [6, 6.07) is 0.818. The lowest BCUT2D eigenvalue weighted by Gasteiger charge is -2.35. The third kappa shape index (κ3) is 3.66. The fourth-order valence-corrected chi connectivity index (χ4v) is 3.04. The molecule has 19 heavy (non-hydrogen) atoms. The van der Waals surface area contributed by atoms with Crippen LogP contribution in [0.5, 0.6) is 0 Å². The van der Waals surface area contributed by atoms with E-state index in [9.17, 15) is 9.90 Å². The Morgan fingerprint density at radius 2 is 1.95 bits per heavy atom. The van der Waals surface area contributed by atoms with Gasteiger partial charge in [0.05, 0.1) is 0 Å². The minimum Gasteiger partial charge on any atom is -0.479 e. The molecule has 0 aliphatic carbocycles. The Morgan fingerprint density at radius 1 is 1.32 bits per heavy atom. The van der Waals surface area contributed by atoms with Crippen molar-refractivity contribution in [1.82, 2.24) is 9.80 Å². The van der Waals surface area contributed by atoms with Gasteiger partial charge in [-0.1, -0.05) is 0 Å². The van der Waals surface area contributed by atoms with Crippen LogP contribution in [0.4, 0.5) is 0 Å². The van der Waals surface area contributed by atoms with Crippen LogP contribution in [0.1, 0.15) is 26.2 Å². The summed E-state index contributed by atoms with van der Waals surface area (Å²) in [4.78, 5) is 15.4. The number of aliphatic hydroxyl groups is 1. The second-order valence-electron chi connectivity index (χ2n) is 6.13. The fourth-order valence-electron chi connectivity index (χ4n) is 3.04. The Hall–Kier alpha value is -0.690. The molecule has 4 N–H and O–H groups in total. The maximum atomic E-state index is 10.9. The van der Waals surface area contributed by atoms with Gasteiger partial charge in [-0.15, -0.1) is 0 Å². The zero-order chi connectivity index (χ0) is 14.0. The Kier molecular flexibility index (Phi) is 4.45. The molecule has 0 spiro atoms. The molecule has 0 amide bonds. The number of carboxylic acids is 1. The van der Waals surface area contributed by atoms with Crippen molar-refractivity contribution in [2.24, 2.45) is 5.73 Å². The molecule has 2 rings (SSSR count). The second-order valence-corrected chi connectivity index (χ2v) is 6.13. The van der Waals surface area contributed by atoms with Crippen LogP contribution in [0.2, 0.25) is 0 Å². The van der Waals surface area contributed by atoms with Crippen molar-refractivity contribution < 1.29 is 15.0 Å². The number of β-amino-alcohol motifs (C(OH)–C–C–N with tert-alkyl or cyclic N) is 1. The van der Waals surface area contributed by atoms with E-state index in [0.29, 0.717) is 12.1 Å². The van der Waals surface area contributed by atoms with E-state index >= 15 is 0 Å². The SMILES string of the molecule is CC(O)(CN1CCC(N2CCC(N)CC2)C1)C(=O)O. The van der Waals surface area contributed by atoms with E-state index in [1.54, 1.807) is 0 Å². The van der Waals surface area contributed by atoms with E-state index in [0.717, 1.165) is 45.4 Å². The monoisotopic (exact) mass is 271 g/mol. The predicted octanol–water partition coefficient (Wildman–Crippen LogP) is -0.681. The quantitative estimate of drug-likeness (QED) is 0.628. The number of nitrogens with two attached hydrogens (primary N) is 1.